The minimum absolute atomic E-state index is 0.229. The number of hydrogen-bond donors (Lipinski definition) is 4. The van der Waals surface area contributed by atoms with Crippen molar-refractivity contribution in [2.24, 2.45) is 0 Å². The number of nitrogens with one attached hydrogen (secondary N) is 3. The molecule has 44 heavy (non-hydrogen) atoms. The topological polar surface area (TPSA) is 130 Å². The first-order valence-electron chi connectivity index (χ1n) is 14.9. The average Bonchev–Trinajstić information content (AvgIpc) is 3.02. The molecule has 4 N–H and O–H groups in total. The van der Waals surface area contributed by atoms with E-state index in [-0.39, 0.29) is 25.3 Å². The Morgan fingerprint density at radius 2 is 1.66 bits per heavy atom. The number of aromatic nitrogens is 1. The average molecular weight is 597 g/mol. The van der Waals surface area contributed by atoms with E-state index < -0.39 is 17.9 Å². The summed E-state index contributed by atoms with van der Waals surface area (Å²) in [4.78, 5) is 40.8. The van der Waals surface area contributed by atoms with Gasteiger partial charge in [0.15, 0.2) is 0 Å². The highest BCUT2D eigenvalue weighted by Crippen LogP contribution is 2.34. The second-order valence-corrected chi connectivity index (χ2v) is 11.0. The highest BCUT2D eigenvalue weighted by Gasteiger charge is 2.19. The van der Waals surface area contributed by atoms with Crippen LogP contribution >= 0.6 is 0 Å². The van der Waals surface area contributed by atoms with Gasteiger partial charge in [-0.05, 0) is 57.9 Å². The highest BCUT2D eigenvalue weighted by atomic mass is 16.5. The number of fused-ring (bicyclic) bond motifs is 1. The molecule has 0 radical (unpaired) electrons. The summed E-state index contributed by atoms with van der Waals surface area (Å²) >= 11 is 0. The number of benzene rings is 3. The molecule has 9 heteroatoms. The van der Waals surface area contributed by atoms with Crippen molar-refractivity contribution in [1.82, 2.24) is 15.6 Å². The summed E-state index contributed by atoms with van der Waals surface area (Å²) in [5.74, 6) is 0.0845. The zero-order valence-corrected chi connectivity index (χ0v) is 25.4. The van der Waals surface area contributed by atoms with E-state index in [0.717, 1.165) is 22.9 Å². The van der Waals surface area contributed by atoms with Crippen LogP contribution in [0, 0.1) is 0 Å². The normalized spacial score (nSPS) is 11.6. The van der Waals surface area contributed by atoms with Gasteiger partial charge in [-0.3, -0.25) is 14.4 Å². The number of carboxylic acids is 1. The van der Waals surface area contributed by atoms with Gasteiger partial charge < -0.3 is 25.8 Å². The quantitative estimate of drug-likeness (QED) is 0.123. The number of aliphatic carboxylic acids is 1. The number of nitrogens with zero attached hydrogens (tertiary/aromatic N) is 1. The van der Waals surface area contributed by atoms with Crippen LogP contribution < -0.4 is 20.7 Å². The number of unbranched alkanes of at least 4 members (excludes halogenated alkanes) is 1. The zero-order valence-electron chi connectivity index (χ0n) is 25.4. The fraction of sp³-hybridized carbons (Fsp3) is 0.314. The maximum Gasteiger partial charge on any atom is 0.305 e. The summed E-state index contributed by atoms with van der Waals surface area (Å²) < 4.78 is 5.18. The van der Waals surface area contributed by atoms with Crippen LogP contribution in [-0.2, 0) is 14.4 Å². The van der Waals surface area contributed by atoms with Gasteiger partial charge in [0.05, 0.1) is 26.1 Å². The molecule has 0 unspecified atom stereocenters. The number of amides is 2. The molecule has 2 amide bonds. The van der Waals surface area contributed by atoms with Crippen LogP contribution in [0.2, 0.25) is 0 Å². The first kappa shape index (κ1) is 32.0. The molecule has 3 aromatic carbocycles. The number of carbonyl (C=O) groups is 3. The molecule has 1 atom stereocenters. The van der Waals surface area contributed by atoms with Crippen LogP contribution in [-0.4, -0.2) is 48.1 Å². The van der Waals surface area contributed by atoms with Crippen LogP contribution in [0.1, 0.15) is 62.6 Å². The Kier molecular flexibility index (Phi) is 11.3. The van der Waals surface area contributed by atoms with Gasteiger partial charge in [-0.1, -0.05) is 74.5 Å². The number of carbonyl (C=O) groups excluding carboxylic acids is 2. The Balaban J connectivity index is 1.29. The summed E-state index contributed by atoms with van der Waals surface area (Å²) in [6.07, 6.45) is 3.03. The van der Waals surface area contributed by atoms with E-state index in [0.29, 0.717) is 36.0 Å². The highest BCUT2D eigenvalue weighted by molar-refractivity contribution is 5.98. The molecule has 0 aliphatic heterocycles. The maximum atomic E-state index is 12.7. The Labute approximate surface area is 258 Å². The van der Waals surface area contributed by atoms with Crippen LogP contribution in [0.25, 0.3) is 21.9 Å². The lowest BCUT2D eigenvalue weighted by molar-refractivity contribution is -0.138. The van der Waals surface area contributed by atoms with Crippen molar-refractivity contribution in [3.8, 4) is 16.9 Å². The molecule has 230 valence electrons. The number of hydrogen-bond acceptors (Lipinski definition) is 6. The van der Waals surface area contributed by atoms with Crippen LogP contribution in [0.5, 0.6) is 5.75 Å². The first-order chi connectivity index (χ1) is 21.2. The first-order valence-corrected chi connectivity index (χ1v) is 14.9. The van der Waals surface area contributed by atoms with Crippen molar-refractivity contribution < 1.29 is 24.2 Å². The van der Waals surface area contributed by atoms with Crippen molar-refractivity contribution in [2.45, 2.75) is 51.5 Å². The van der Waals surface area contributed by atoms with E-state index in [9.17, 15) is 19.5 Å². The van der Waals surface area contributed by atoms with Crippen molar-refractivity contribution in [3.05, 3.63) is 90.1 Å². The molecule has 0 fully saturated rings. The lowest BCUT2D eigenvalue weighted by Gasteiger charge is -2.19. The van der Waals surface area contributed by atoms with E-state index >= 15 is 0 Å². The maximum absolute atomic E-state index is 12.7. The lowest BCUT2D eigenvalue weighted by atomic mass is 9.90. The summed E-state index contributed by atoms with van der Waals surface area (Å²) in [6, 6.07) is 23.0. The number of carboxylic acid groups (broad SMARTS) is 1. The molecule has 0 aliphatic carbocycles. The lowest BCUT2D eigenvalue weighted by Crippen LogP contribution is -2.39. The third-order valence-corrected chi connectivity index (χ3v) is 7.47. The SMILES string of the molecule is COc1ccnc(NCCCCC(=O)NCC(=O)N[C@@H](CC(=O)O)c2ccc(-c3ccc(C(C)C)c4ccccc34)cc2)c1. The van der Waals surface area contributed by atoms with Gasteiger partial charge in [-0.15, -0.1) is 0 Å². The van der Waals surface area contributed by atoms with Crippen molar-refractivity contribution in [2.75, 3.05) is 25.5 Å². The molecule has 0 saturated heterocycles. The number of ether oxygens (including phenoxy) is 1. The van der Waals surface area contributed by atoms with E-state index in [2.05, 4.69) is 59.0 Å². The number of methoxy groups -OCH3 is 1. The van der Waals surface area contributed by atoms with E-state index in [1.165, 1.54) is 10.9 Å². The molecule has 0 saturated carbocycles. The molecule has 1 aromatic heterocycles. The van der Waals surface area contributed by atoms with E-state index in [1.807, 2.05) is 36.4 Å². The number of rotatable bonds is 15. The Morgan fingerprint density at radius 3 is 2.36 bits per heavy atom. The fourth-order valence-corrected chi connectivity index (χ4v) is 5.17. The third kappa shape index (κ3) is 8.80. The molecule has 4 rings (SSSR count). The summed E-state index contributed by atoms with van der Waals surface area (Å²) in [5, 5.41) is 20.5. The molecular formula is C35H40N4O5. The third-order valence-electron chi connectivity index (χ3n) is 7.47. The standard InChI is InChI=1S/C35H40N4O5/c1-23(2)27-15-16-28(30-9-5-4-8-29(27)30)24-11-13-25(14-12-24)31(21-35(42)43)39-34(41)22-38-33(40)10-6-7-18-36-32-20-26(44-3)17-19-37-32/h4-5,8-9,11-17,19-20,23,31H,6-7,10,18,21-22H2,1-3H3,(H,36,37)(H,38,40)(H,39,41)(H,42,43)/t31-/m0/s1. The van der Waals surface area contributed by atoms with Crippen molar-refractivity contribution in [3.63, 3.8) is 0 Å². The zero-order chi connectivity index (χ0) is 31.5. The van der Waals surface area contributed by atoms with Gasteiger partial charge in [0.1, 0.15) is 11.6 Å². The van der Waals surface area contributed by atoms with Gasteiger partial charge in [-0.25, -0.2) is 4.98 Å². The van der Waals surface area contributed by atoms with Crippen LogP contribution in [0.3, 0.4) is 0 Å². The molecule has 1 heterocycles. The summed E-state index contributed by atoms with van der Waals surface area (Å²) in [6.45, 7) is 4.78. The second-order valence-electron chi connectivity index (χ2n) is 11.0. The van der Waals surface area contributed by atoms with Crippen molar-refractivity contribution in [1.29, 1.82) is 0 Å². The number of pyridine rings is 1. The smallest absolute Gasteiger partial charge is 0.305 e. The van der Waals surface area contributed by atoms with Gasteiger partial charge in [0.25, 0.3) is 0 Å². The van der Waals surface area contributed by atoms with Crippen LogP contribution in [0.15, 0.2) is 79.0 Å². The second kappa shape index (κ2) is 15.5. The minimum atomic E-state index is -1.03. The van der Waals surface area contributed by atoms with E-state index in [4.69, 9.17) is 4.74 Å². The Morgan fingerprint density at radius 1 is 0.909 bits per heavy atom. The minimum Gasteiger partial charge on any atom is -0.497 e. The monoisotopic (exact) mass is 596 g/mol. The molecule has 0 bridgehead atoms. The van der Waals surface area contributed by atoms with Gasteiger partial charge in [0.2, 0.25) is 11.8 Å². The molecule has 4 aromatic rings. The Bertz CT molecular complexity index is 1590. The molecule has 9 nitrogen and oxygen atoms in total. The summed E-state index contributed by atoms with van der Waals surface area (Å²) in [5.41, 5.74) is 4.06. The largest absolute Gasteiger partial charge is 0.497 e. The summed E-state index contributed by atoms with van der Waals surface area (Å²) in [7, 11) is 1.59. The predicted octanol–water partition coefficient (Wildman–Crippen LogP) is 6.06. The predicted molar refractivity (Wildman–Crippen MR) is 173 cm³/mol. The van der Waals surface area contributed by atoms with Gasteiger partial charge >= 0.3 is 5.97 Å². The molecular weight excluding hydrogens is 556 g/mol. The fourth-order valence-electron chi connectivity index (χ4n) is 5.17. The molecule has 0 aliphatic rings. The van der Waals surface area contributed by atoms with Crippen molar-refractivity contribution >= 4 is 34.4 Å². The Hall–Kier alpha value is -4.92. The van der Waals surface area contributed by atoms with Gasteiger partial charge in [-0.2, -0.15) is 0 Å². The van der Waals surface area contributed by atoms with E-state index in [1.54, 1.807) is 25.4 Å². The van der Waals surface area contributed by atoms with Gasteiger partial charge in [0, 0.05) is 25.2 Å². The van der Waals surface area contributed by atoms with Crippen LogP contribution in [0.4, 0.5) is 5.82 Å². The number of anilines is 1. The molecule has 0 spiro atoms.